The van der Waals surface area contributed by atoms with Crippen molar-refractivity contribution in [2.75, 3.05) is 20.8 Å². The summed E-state index contributed by atoms with van der Waals surface area (Å²) in [6, 6.07) is 0. The highest BCUT2D eigenvalue weighted by atomic mass is 16.5. The second-order valence-corrected chi connectivity index (χ2v) is 6.62. The highest BCUT2D eigenvalue weighted by Crippen LogP contribution is 2.13. The normalized spacial score (nSPS) is 10.9. The molecule has 138 valence electrons. The lowest BCUT2D eigenvalue weighted by Gasteiger charge is -2.03. The summed E-state index contributed by atoms with van der Waals surface area (Å²) in [6.07, 6.45) is 20.4. The first kappa shape index (κ1) is 22.4. The molecule has 0 aromatic carbocycles. The van der Waals surface area contributed by atoms with Gasteiger partial charge in [0, 0.05) is 20.1 Å². The Balaban J connectivity index is 2.99. The van der Waals surface area contributed by atoms with Gasteiger partial charge in [0.25, 0.3) is 0 Å². The lowest BCUT2D eigenvalue weighted by atomic mass is 10.0. The Morgan fingerprint density at radius 1 is 0.565 bits per heavy atom. The van der Waals surface area contributed by atoms with Gasteiger partial charge in [-0.25, -0.2) is 0 Å². The maximum Gasteiger partial charge on any atom is 0.305 e. The summed E-state index contributed by atoms with van der Waals surface area (Å²) < 4.78 is 9.69. The molecule has 0 bridgehead atoms. The van der Waals surface area contributed by atoms with E-state index in [1.54, 1.807) is 7.11 Å². The third-order valence-corrected chi connectivity index (χ3v) is 4.46. The van der Waals surface area contributed by atoms with E-state index in [0.717, 1.165) is 13.0 Å². The zero-order valence-corrected chi connectivity index (χ0v) is 15.7. The van der Waals surface area contributed by atoms with Gasteiger partial charge < -0.3 is 9.47 Å². The molecule has 23 heavy (non-hydrogen) atoms. The third kappa shape index (κ3) is 19.4. The fourth-order valence-electron chi connectivity index (χ4n) is 2.92. The molecule has 0 rings (SSSR count). The number of ether oxygens (including phenoxy) is 2. The number of esters is 1. The van der Waals surface area contributed by atoms with Crippen molar-refractivity contribution in [1.82, 2.24) is 0 Å². The molecular weight excluding hydrogens is 288 g/mol. The topological polar surface area (TPSA) is 35.5 Å². The number of hydrogen-bond donors (Lipinski definition) is 0. The van der Waals surface area contributed by atoms with Crippen molar-refractivity contribution in [3.63, 3.8) is 0 Å². The predicted octanol–water partition coefficient (Wildman–Crippen LogP) is 6.05. The van der Waals surface area contributed by atoms with Crippen LogP contribution in [0.25, 0.3) is 0 Å². The first-order chi connectivity index (χ1) is 11.3. The van der Waals surface area contributed by atoms with E-state index in [0.29, 0.717) is 6.42 Å². The van der Waals surface area contributed by atoms with Crippen molar-refractivity contribution in [2.45, 2.75) is 103 Å². The quantitative estimate of drug-likeness (QED) is 0.227. The molecule has 0 saturated heterocycles. The van der Waals surface area contributed by atoms with Crippen LogP contribution in [0.15, 0.2) is 0 Å². The van der Waals surface area contributed by atoms with E-state index >= 15 is 0 Å². The van der Waals surface area contributed by atoms with Crippen LogP contribution in [0, 0.1) is 0 Å². The van der Waals surface area contributed by atoms with Crippen LogP contribution in [0.2, 0.25) is 0 Å². The molecule has 0 spiro atoms. The third-order valence-electron chi connectivity index (χ3n) is 4.46. The Hall–Kier alpha value is -0.570. The van der Waals surface area contributed by atoms with Gasteiger partial charge >= 0.3 is 5.97 Å². The summed E-state index contributed by atoms with van der Waals surface area (Å²) in [4.78, 5) is 10.9. The van der Waals surface area contributed by atoms with Crippen LogP contribution in [-0.2, 0) is 14.3 Å². The molecule has 0 N–H and O–H groups in total. The van der Waals surface area contributed by atoms with Gasteiger partial charge in [0.15, 0.2) is 0 Å². The Kier molecular flexibility index (Phi) is 19.0. The van der Waals surface area contributed by atoms with Crippen molar-refractivity contribution in [3.05, 3.63) is 0 Å². The maximum absolute atomic E-state index is 10.9. The number of unbranched alkanes of at least 4 members (excludes halogenated alkanes) is 14. The number of hydrogen-bond acceptors (Lipinski definition) is 3. The minimum Gasteiger partial charge on any atom is -0.469 e. The summed E-state index contributed by atoms with van der Waals surface area (Å²) in [7, 11) is 3.25. The summed E-state index contributed by atoms with van der Waals surface area (Å²) in [5.41, 5.74) is 0. The highest BCUT2D eigenvalue weighted by Gasteiger charge is 1.99. The number of rotatable bonds is 18. The molecule has 0 saturated carbocycles. The standard InChI is InChI=1S/C20H40O3/c1-22-19-17-15-13-11-9-7-5-3-4-6-8-10-12-14-16-18-20(21)23-2/h3-19H2,1-2H3. The first-order valence-corrected chi connectivity index (χ1v) is 9.87. The number of carbonyl (C=O) groups excluding carboxylic acids is 1. The molecule has 0 heterocycles. The van der Waals surface area contributed by atoms with Crippen LogP contribution in [-0.4, -0.2) is 26.8 Å². The summed E-state index contributed by atoms with van der Waals surface area (Å²) in [6.45, 7) is 0.922. The molecular formula is C20H40O3. The lowest BCUT2D eigenvalue weighted by molar-refractivity contribution is -0.140. The van der Waals surface area contributed by atoms with Crippen molar-refractivity contribution >= 4 is 5.97 Å². The van der Waals surface area contributed by atoms with Gasteiger partial charge in [-0.2, -0.15) is 0 Å². The molecule has 0 unspecified atom stereocenters. The summed E-state index contributed by atoms with van der Waals surface area (Å²) >= 11 is 0. The van der Waals surface area contributed by atoms with E-state index in [1.165, 1.54) is 97.0 Å². The van der Waals surface area contributed by atoms with E-state index in [9.17, 15) is 4.79 Å². The first-order valence-electron chi connectivity index (χ1n) is 9.87. The van der Waals surface area contributed by atoms with E-state index < -0.39 is 0 Å². The Morgan fingerprint density at radius 2 is 0.913 bits per heavy atom. The Bertz CT molecular complexity index is 241. The fraction of sp³-hybridized carbons (Fsp3) is 0.950. The Labute approximate surface area is 144 Å². The minimum absolute atomic E-state index is 0.0695. The molecule has 0 aliphatic heterocycles. The van der Waals surface area contributed by atoms with Crippen molar-refractivity contribution in [1.29, 1.82) is 0 Å². The van der Waals surface area contributed by atoms with Crippen molar-refractivity contribution in [2.24, 2.45) is 0 Å². The molecule has 3 heteroatoms. The summed E-state index contributed by atoms with van der Waals surface area (Å²) in [5, 5.41) is 0. The van der Waals surface area contributed by atoms with Crippen LogP contribution in [0.4, 0.5) is 0 Å². The average Bonchev–Trinajstić information content (AvgIpc) is 2.57. The smallest absolute Gasteiger partial charge is 0.305 e. The highest BCUT2D eigenvalue weighted by molar-refractivity contribution is 5.68. The van der Waals surface area contributed by atoms with Crippen LogP contribution >= 0.6 is 0 Å². The minimum atomic E-state index is -0.0695. The average molecular weight is 329 g/mol. The number of carbonyl (C=O) groups is 1. The molecule has 0 radical (unpaired) electrons. The molecule has 0 aromatic heterocycles. The molecule has 0 atom stereocenters. The second-order valence-electron chi connectivity index (χ2n) is 6.62. The Morgan fingerprint density at radius 3 is 1.26 bits per heavy atom. The lowest BCUT2D eigenvalue weighted by Crippen LogP contribution is -1.99. The largest absolute Gasteiger partial charge is 0.469 e. The van der Waals surface area contributed by atoms with Crippen LogP contribution in [0.3, 0.4) is 0 Å². The van der Waals surface area contributed by atoms with Gasteiger partial charge in [0.1, 0.15) is 0 Å². The molecule has 0 aliphatic rings. The second kappa shape index (κ2) is 19.5. The van der Waals surface area contributed by atoms with Crippen LogP contribution < -0.4 is 0 Å². The zero-order valence-electron chi connectivity index (χ0n) is 15.7. The van der Waals surface area contributed by atoms with Crippen molar-refractivity contribution in [3.8, 4) is 0 Å². The molecule has 0 aromatic rings. The zero-order chi connectivity index (χ0) is 17.0. The predicted molar refractivity (Wildman–Crippen MR) is 97.8 cm³/mol. The maximum atomic E-state index is 10.9. The van der Waals surface area contributed by atoms with Gasteiger partial charge in [-0.3, -0.25) is 4.79 Å². The van der Waals surface area contributed by atoms with Gasteiger partial charge in [-0.05, 0) is 12.8 Å². The SMILES string of the molecule is COCCCCCCCCCCCCCCCCCC(=O)OC. The summed E-state index contributed by atoms with van der Waals surface area (Å²) in [5.74, 6) is -0.0695. The van der Waals surface area contributed by atoms with Crippen LogP contribution in [0.1, 0.15) is 103 Å². The molecule has 0 aliphatic carbocycles. The van der Waals surface area contributed by atoms with Crippen LogP contribution in [0.5, 0.6) is 0 Å². The van der Waals surface area contributed by atoms with Gasteiger partial charge in [-0.1, -0.05) is 83.5 Å². The number of methoxy groups -OCH3 is 2. The van der Waals surface area contributed by atoms with E-state index in [1.807, 2.05) is 0 Å². The van der Waals surface area contributed by atoms with E-state index in [2.05, 4.69) is 4.74 Å². The van der Waals surface area contributed by atoms with Gasteiger partial charge in [0.05, 0.1) is 7.11 Å². The molecule has 3 nitrogen and oxygen atoms in total. The van der Waals surface area contributed by atoms with Gasteiger partial charge in [-0.15, -0.1) is 0 Å². The van der Waals surface area contributed by atoms with Crippen molar-refractivity contribution < 1.29 is 14.3 Å². The van der Waals surface area contributed by atoms with E-state index in [-0.39, 0.29) is 5.97 Å². The molecule has 0 fully saturated rings. The monoisotopic (exact) mass is 328 g/mol. The molecule has 0 amide bonds. The fourth-order valence-corrected chi connectivity index (χ4v) is 2.92. The van der Waals surface area contributed by atoms with E-state index in [4.69, 9.17) is 4.74 Å². The van der Waals surface area contributed by atoms with Gasteiger partial charge in [0.2, 0.25) is 0 Å².